The van der Waals surface area contributed by atoms with E-state index in [-0.39, 0.29) is 5.91 Å². The summed E-state index contributed by atoms with van der Waals surface area (Å²) in [4.78, 5) is 22.6. The molecule has 5 heteroatoms. The summed E-state index contributed by atoms with van der Waals surface area (Å²) in [6.07, 6.45) is 0.848. The van der Waals surface area contributed by atoms with Crippen LogP contribution in [0.15, 0.2) is 0 Å². The van der Waals surface area contributed by atoms with Gasteiger partial charge in [-0.2, -0.15) is 5.26 Å². The van der Waals surface area contributed by atoms with Crippen molar-refractivity contribution in [3.05, 3.63) is 0 Å². The lowest BCUT2D eigenvalue weighted by Crippen LogP contribution is -2.46. The summed E-state index contributed by atoms with van der Waals surface area (Å²) in [5.41, 5.74) is 0. The van der Waals surface area contributed by atoms with E-state index in [0.29, 0.717) is 6.54 Å². The second kappa shape index (κ2) is 6.82. The van der Waals surface area contributed by atoms with Gasteiger partial charge < -0.3 is 10.6 Å². The minimum absolute atomic E-state index is 0.227. The van der Waals surface area contributed by atoms with Crippen molar-refractivity contribution < 1.29 is 9.59 Å². The van der Waals surface area contributed by atoms with Crippen LogP contribution in [0.5, 0.6) is 0 Å². The van der Waals surface area contributed by atoms with Crippen LogP contribution in [-0.2, 0) is 9.59 Å². The molecule has 2 N–H and O–H groups in total. The fourth-order valence-electron chi connectivity index (χ4n) is 0.864. The van der Waals surface area contributed by atoms with Gasteiger partial charge in [0.05, 0.1) is 6.07 Å². The van der Waals surface area contributed by atoms with Crippen molar-refractivity contribution in [2.45, 2.75) is 33.2 Å². The quantitative estimate of drug-likeness (QED) is 0.680. The second-order valence-electron chi connectivity index (χ2n) is 3.37. The van der Waals surface area contributed by atoms with Crippen molar-refractivity contribution in [3.8, 4) is 6.07 Å². The highest BCUT2D eigenvalue weighted by molar-refractivity contribution is 5.88. The molecule has 0 heterocycles. The Balaban J connectivity index is 4.02. The summed E-state index contributed by atoms with van der Waals surface area (Å²) < 4.78 is 0. The van der Waals surface area contributed by atoms with Gasteiger partial charge in [-0.05, 0) is 20.3 Å². The summed E-state index contributed by atoms with van der Waals surface area (Å²) in [7, 11) is 0. The molecule has 2 atom stereocenters. The predicted molar refractivity (Wildman–Crippen MR) is 55.7 cm³/mol. The van der Waals surface area contributed by atoms with Crippen molar-refractivity contribution in [3.63, 3.8) is 0 Å². The van der Waals surface area contributed by atoms with Crippen molar-refractivity contribution >= 4 is 11.8 Å². The van der Waals surface area contributed by atoms with Gasteiger partial charge >= 0.3 is 0 Å². The lowest BCUT2D eigenvalue weighted by Gasteiger charge is -2.14. The smallest absolute Gasteiger partial charge is 0.242 e. The summed E-state index contributed by atoms with van der Waals surface area (Å²) in [5, 5.41) is 13.6. The van der Waals surface area contributed by atoms with E-state index in [1.165, 1.54) is 6.92 Å². The Hall–Kier alpha value is -1.57. The average molecular weight is 211 g/mol. The number of rotatable bonds is 5. The second-order valence-corrected chi connectivity index (χ2v) is 3.37. The van der Waals surface area contributed by atoms with Crippen LogP contribution in [0.1, 0.15) is 27.2 Å². The third kappa shape index (κ3) is 5.01. The Morgan fingerprint density at radius 3 is 2.40 bits per heavy atom. The maximum Gasteiger partial charge on any atom is 0.242 e. The molecule has 0 aliphatic rings. The molecule has 15 heavy (non-hydrogen) atoms. The van der Waals surface area contributed by atoms with E-state index in [0.717, 1.165) is 6.42 Å². The molecule has 0 saturated carbocycles. The average Bonchev–Trinajstić information content (AvgIpc) is 2.24. The molecule has 0 bridgehead atoms. The molecule has 0 aromatic carbocycles. The Labute approximate surface area is 89.8 Å². The molecule has 0 rings (SSSR count). The van der Waals surface area contributed by atoms with Crippen molar-refractivity contribution in [1.82, 2.24) is 10.6 Å². The summed E-state index contributed by atoms with van der Waals surface area (Å²) in [5.74, 6) is -1.38. The van der Waals surface area contributed by atoms with Gasteiger partial charge in [-0.15, -0.1) is 0 Å². The highest BCUT2D eigenvalue weighted by Gasteiger charge is 2.18. The maximum atomic E-state index is 11.3. The van der Waals surface area contributed by atoms with E-state index in [1.807, 2.05) is 13.0 Å². The Bertz CT molecular complexity index is 270. The Morgan fingerprint density at radius 2 is 1.93 bits per heavy atom. The molecule has 0 spiro atoms. The van der Waals surface area contributed by atoms with E-state index in [2.05, 4.69) is 10.6 Å². The van der Waals surface area contributed by atoms with Crippen molar-refractivity contribution in [2.75, 3.05) is 6.54 Å². The molecule has 0 aromatic rings. The first kappa shape index (κ1) is 13.4. The molecule has 0 fully saturated rings. The largest absolute Gasteiger partial charge is 0.354 e. The molecule has 0 radical (unpaired) electrons. The first-order valence-corrected chi connectivity index (χ1v) is 5.00. The molecular weight excluding hydrogens is 194 g/mol. The van der Waals surface area contributed by atoms with Crippen LogP contribution in [0.3, 0.4) is 0 Å². The number of hydrogen-bond donors (Lipinski definition) is 2. The van der Waals surface area contributed by atoms with Gasteiger partial charge in [0.1, 0.15) is 12.0 Å². The monoisotopic (exact) mass is 211 g/mol. The van der Waals surface area contributed by atoms with Gasteiger partial charge in [0, 0.05) is 6.54 Å². The fraction of sp³-hybridized carbons (Fsp3) is 0.700. The number of nitrogens with one attached hydrogen (secondary N) is 2. The van der Waals surface area contributed by atoms with Gasteiger partial charge in [0.15, 0.2) is 0 Å². The van der Waals surface area contributed by atoms with Crippen molar-refractivity contribution in [1.29, 1.82) is 5.26 Å². The zero-order valence-electron chi connectivity index (χ0n) is 9.33. The lowest BCUT2D eigenvalue weighted by molar-refractivity contribution is -0.129. The van der Waals surface area contributed by atoms with Crippen LogP contribution in [0, 0.1) is 17.2 Å². The molecule has 0 aromatic heterocycles. The maximum absolute atomic E-state index is 11.3. The van der Waals surface area contributed by atoms with Gasteiger partial charge in [-0.1, -0.05) is 6.92 Å². The molecule has 5 nitrogen and oxygen atoms in total. The van der Waals surface area contributed by atoms with Gasteiger partial charge in [-0.25, -0.2) is 0 Å². The van der Waals surface area contributed by atoms with E-state index >= 15 is 0 Å². The normalized spacial score (nSPS) is 13.5. The molecule has 2 unspecified atom stereocenters. The summed E-state index contributed by atoms with van der Waals surface area (Å²) in [6, 6.07) is 1.21. The zero-order valence-corrected chi connectivity index (χ0v) is 9.33. The first-order chi connectivity index (χ1) is 7.02. The van der Waals surface area contributed by atoms with Crippen LogP contribution in [0.2, 0.25) is 0 Å². The van der Waals surface area contributed by atoms with E-state index in [9.17, 15) is 9.59 Å². The zero-order chi connectivity index (χ0) is 11.8. The van der Waals surface area contributed by atoms with E-state index < -0.39 is 17.9 Å². The molecular formula is C10H17N3O2. The Morgan fingerprint density at radius 1 is 1.33 bits per heavy atom. The topological polar surface area (TPSA) is 82.0 Å². The fourth-order valence-corrected chi connectivity index (χ4v) is 0.864. The SMILES string of the molecule is CCCNC(=O)C(C)NC(=O)C(C)C#N. The van der Waals surface area contributed by atoms with Crippen molar-refractivity contribution in [2.24, 2.45) is 5.92 Å². The van der Waals surface area contributed by atoms with E-state index in [1.54, 1.807) is 6.92 Å². The summed E-state index contributed by atoms with van der Waals surface area (Å²) in [6.45, 7) is 5.62. The third-order valence-corrected chi connectivity index (χ3v) is 1.89. The van der Waals surface area contributed by atoms with Crippen LogP contribution >= 0.6 is 0 Å². The molecule has 84 valence electrons. The first-order valence-electron chi connectivity index (χ1n) is 5.00. The molecule has 2 amide bonds. The molecule has 0 aliphatic carbocycles. The number of amides is 2. The number of hydrogen-bond acceptors (Lipinski definition) is 3. The Kier molecular flexibility index (Phi) is 6.11. The number of nitrogens with zero attached hydrogens (tertiary/aromatic N) is 1. The highest BCUT2D eigenvalue weighted by atomic mass is 16.2. The van der Waals surface area contributed by atoms with Crippen LogP contribution in [-0.4, -0.2) is 24.4 Å². The van der Waals surface area contributed by atoms with Crippen LogP contribution in [0.25, 0.3) is 0 Å². The van der Waals surface area contributed by atoms with Gasteiger partial charge in [0.2, 0.25) is 11.8 Å². The van der Waals surface area contributed by atoms with Crippen LogP contribution in [0.4, 0.5) is 0 Å². The number of carbonyl (C=O) groups is 2. The minimum atomic E-state index is -0.730. The van der Waals surface area contributed by atoms with Gasteiger partial charge in [0.25, 0.3) is 0 Å². The molecule has 0 saturated heterocycles. The number of nitriles is 1. The third-order valence-electron chi connectivity index (χ3n) is 1.89. The van der Waals surface area contributed by atoms with Gasteiger partial charge in [-0.3, -0.25) is 9.59 Å². The summed E-state index contributed by atoms with van der Waals surface area (Å²) >= 11 is 0. The van der Waals surface area contributed by atoms with Crippen LogP contribution < -0.4 is 10.6 Å². The molecule has 0 aliphatic heterocycles. The highest BCUT2D eigenvalue weighted by Crippen LogP contribution is 1.93. The lowest BCUT2D eigenvalue weighted by atomic mass is 10.2. The predicted octanol–water partition coefficient (Wildman–Crippen LogP) is 0.177. The van der Waals surface area contributed by atoms with E-state index in [4.69, 9.17) is 5.26 Å². The number of carbonyl (C=O) groups excluding carboxylic acids is 2. The minimum Gasteiger partial charge on any atom is -0.354 e. The standard InChI is InChI=1S/C10H17N3O2/c1-4-5-12-10(15)8(3)13-9(14)7(2)6-11/h7-8H,4-5H2,1-3H3,(H,12,15)(H,13,14).